The molecule has 0 fully saturated rings. The van der Waals surface area contributed by atoms with Crippen molar-refractivity contribution in [2.24, 2.45) is 0 Å². The molecule has 0 saturated heterocycles. The standard InChI is InChI=1S/C10H7BrN6O/c11-7-1-2-9(18)8(3-7)13-5-6(4-12)10-14-16-17-15-10/h1-3,5,13,18H,(H,14,15,16,17). The smallest absolute Gasteiger partial charge is 0.216 e. The molecule has 0 bridgehead atoms. The van der Waals surface area contributed by atoms with Gasteiger partial charge in [0.1, 0.15) is 17.4 Å². The van der Waals surface area contributed by atoms with Gasteiger partial charge in [-0.05, 0) is 23.4 Å². The number of halogens is 1. The normalized spacial score (nSPS) is 11.0. The first-order valence-corrected chi connectivity index (χ1v) is 5.59. The number of aromatic amines is 1. The molecule has 0 aliphatic carbocycles. The lowest BCUT2D eigenvalue weighted by molar-refractivity contribution is 0.477. The average Bonchev–Trinajstić information content (AvgIpc) is 2.88. The molecule has 0 aliphatic heterocycles. The maximum Gasteiger partial charge on any atom is 0.216 e. The van der Waals surface area contributed by atoms with E-state index in [1.165, 1.54) is 12.3 Å². The monoisotopic (exact) mass is 306 g/mol. The van der Waals surface area contributed by atoms with Gasteiger partial charge in [0.15, 0.2) is 0 Å². The topological polar surface area (TPSA) is 111 Å². The fourth-order valence-electron chi connectivity index (χ4n) is 1.20. The molecule has 0 atom stereocenters. The van der Waals surface area contributed by atoms with Crippen LogP contribution in [0.2, 0.25) is 0 Å². The summed E-state index contributed by atoms with van der Waals surface area (Å²) >= 11 is 3.28. The van der Waals surface area contributed by atoms with Crippen molar-refractivity contribution >= 4 is 27.2 Å². The van der Waals surface area contributed by atoms with Crippen LogP contribution in [0.3, 0.4) is 0 Å². The van der Waals surface area contributed by atoms with Crippen molar-refractivity contribution in [1.82, 2.24) is 20.6 Å². The zero-order chi connectivity index (χ0) is 13.0. The summed E-state index contributed by atoms with van der Waals surface area (Å²) in [5, 5.41) is 34.4. The first-order chi connectivity index (χ1) is 8.70. The largest absolute Gasteiger partial charge is 0.506 e. The van der Waals surface area contributed by atoms with E-state index in [1.807, 2.05) is 6.07 Å². The molecule has 1 heterocycles. The van der Waals surface area contributed by atoms with Crippen LogP contribution >= 0.6 is 15.9 Å². The van der Waals surface area contributed by atoms with Crippen LogP contribution in [0.1, 0.15) is 5.82 Å². The number of nitrogens with one attached hydrogen (secondary N) is 2. The molecule has 0 radical (unpaired) electrons. The second-order valence-corrected chi connectivity index (χ2v) is 4.13. The van der Waals surface area contributed by atoms with E-state index in [1.54, 1.807) is 12.1 Å². The van der Waals surface area contributed by atoms with Crippen molar-refractivity contribution in [3.05, 3.63) is 34.7 Å². The number of H-pyrrole nitrogens is 1. The van der Waals surface area contributed by atoms with Gasteiger partial charge in [-0.25, -0.2) is 0 Å². The molecule has 8 heteroatoms. The van der Waals surface area contributed by atoms with E-state index >= 15 is 0 Å². The Labute approximate surface area is 110 Å². The molecule has 0 aliphatic rings. The Morgan fingerprint density at radius 3 is 3.06 bits per heavy atom. The molecule has 0 spiro atoms. The number of allylic oxidation sites excluding steroid dienone is 1. The van der Waals surface area contributed by atoms with Crippen molar-refractivity contribution in [1.29, 1.82) is 5.26 Å². The number of aromatic hydroxyl groups is 1. The van der Waals surface area contributed by atoms with Crippen molar-refractivity contribution < 1.29 is 5.11 Å². The van der Waals surface area contributed by atoms with Crippen LogP contribution in [0.15, 0.2) is 28.9 Å². The van der Waals surface area contributed by atoms with Gasteiger partial charge in [0.2, 0.25) is 5.82 Å². The van der Waals surface area contributed by atoms with E-state index in [2.05, 4.69) is 41.9 Å². The molecule has 1 aromatic heterocycles. The average molecular weight is 307 g/mol. The summed E-state index contributed by atoms with van der Waals surface area (Å²) in [5.41, 5.74) is 0.656. The van der Waals surface area contributed by atoms with Gasteiger partial charge in [-0.15, -0.1) is 10.2 Å². The van der Waals surface area contributed by atoms with Gasteiger partial charge < -0.3 is 10.4 Å². The number of phenolic OH excluding ortho intramolecular Hbond substituents is 1. The second-order valence-electron chi connectivity index (χ2n) is 3.21. The Bertz CT molecular complexity index is 616. The Kier molecular flexibility index (Phi) is 3.54. The SMILES string of the molecule is N#CC(=CNc1cc(Br)ccc1O)c1nn[nH]n1. The molecule has 1 aromatic carbocycles. The van der Waals surface area contributed by atoms with Gasteiger partial charge in [0, 0.05) is 10.7 Å². The first kappa shape index (κ1) is 12.1. The van der Waals surface area contributed by atoms with E-state index in [0.717, 1.165) is 4.47 Å². The van der Waals surface area contributed by atoms with Gasteiger partial charge in [-0.1, -0.05) is 15.9 Å². The fraction of sp³-hybridized carbons (Fsp3) is 0. The lowest BCUT2D eigenvalue weighted by Gasteiger charge is -2.04. The molecule has 18 heavy (non-hydrogen) atoms. The minimum atomic E-state index is 0.0693. The Balaban J connectivity index is 2.24. The Morgan fingerprint density at radius 1 is 1.56 bits per heavy atom. The third-order valence-corrected chi connectivity index (χ3v) is 2.53. The van der Waals surface area contributed by atoms with Crippen molar-refractivity contribution in [2.45, 2.75) is 0 Å². The predicted molar refractivity (Wildman–Crippen MR) is 67.2 cm³/mol. The number of aromatic nitrogens is 4. The van der Waals surface area contributed by atoms with Crippen LogP contribution in [-0.4, -0.2) is 25.7 Å². The third kappa shape index (κ3) is 2.64. The highest BCUT2D eigenvalue weighted by molar-refractivity contribution is 9.10. The van der Waals surface area contributed by atoms with E-state index in [0.29, 0.717) is 5.69 Å². The van der Waals surface area contributed by atoms with Crippen molar-refractivity contribution in [3.8, 4) is 11.8 Å². The molecule has 2 aromatic rings. The van der Waals surface area contributed by atoms with Crippen LogP contribution in [0, 0.1) is 11.3 Å². The van der Waals surface area contributed by atoms with Gasteiger partial charge in [-0.2, -0.15) is 10.5 Å². The van der Waals surface area contributed by atoms with Crippen LogP contribution in [0.5, 0.6) is 5.75 Å². The molecular formula is C10H7BrN6O. The van der Waals surface area contributed by atoms with E-state index < -0.39 is 0 Å². The van der Waals surface area contributed by atoms with Crippen molar-refractivity contribution in [2.75, 3.05) is 5.32 Å². The summed E-state index contributed by atoms with van der Waals surface area (Å²) in [4.78, 5) is 0. The summed E-state index contributed by atoms with van der Waals surface area (Å²) in [6.45, 7) is 0. The van der Waals surface area contributed by atoms with E-state index in [9.17, 15) is 5.11 Å². The minimum Gasteiger partial charge on any atom is -0.506 e. The highest BCUT2D eigenvalue weighted by atomic mass is 79.9. The molecule has 7 nitrogen and oxygen atoms in total. The van der Waals surface area contributed by atoms with Crippen molar-refractivity contribution in [3.63, 3.8) is 0 Å². The number of nitrogens with zero attached hydrogens (tertiary/aromatic N) is 4. The van der Waals surface area contributed by atoms with Crippen LogP contribution < -0.4 is 5.32 Å². The highest BCUT2D eigenvalue weighted by Gasteiger charge is 2.06. The zero-order valence-corrected chi connectivity index (χ0v) is 10.5. The Hall–Kier alpha value is -2.40. The number of nitriles is 1. The lowest BCUT2D eigenvalue weighted by Crippen LogP contribution is -1.93. The Morgan fingerprint density at radius 2 is 2.39 bits per heavy atom. The summed E-state index contributed by atoms with van der Waals surface area (Å²) < 4.78 is 0.800. The van der Waals surface area contributed by atoms with Gasteiger partial charge in [0.25, 0.3) is 0 Å². The van der Waals surface area contributed by atoms with Gasteiger partial charge in [-0.3, -0.25) is 0 Å². The number of phenols is 1. The summed E-state index contributed by atoms with van der Waals surface area (Å²) in [6.07, 6.45) is 1.40. The molecule has 90 valence electrons. The molecule has 2 rings (SSSR count). The van der Waals surface area contributed by atoms with Gasteiger partial charge >= 0.3 is 0 Å². The second kappa shape index (κ2) is 5.29. The zero-order valence-electron chi connectivity index (χ0n) is 8.92. The quantitative estimate of drug-likeness (QED) is 0.587. The van der Waals surface area contributed by atoms with Crippen LogP contribution in [0.25, 0.3) is 5.57 Å². The lowest BCUT2D eigenvalue weighted by atomic mass is 10.2. The molecule has 0 saturated carbocycles. The maximum absolute atomic E-state index is 9.61. The van der Waals surface area contributed by atoms with E-state index in [-0.39, 0.29) is 17.1 Å². The number of anilines is 1. The summed E-state index contributed by atoms with van der Waals surface area (Å²) in [7, 11) is 0. The minimum absolute atomic E-state index is 0.0693. The van der Waals surface area contributed by atoms with E-state index in [4.69, 9.17) is 5.26 Å². The molecule has 3 N–H and O–H groups in total. The molecule has 0 unspecified atom stereocenters. The molecule has 0 amide bonds. The van der Waals surface area contributed by atoms with Crippen LogP contribution in [-0.2, 0) is 0 Å². The highest BCUT2D eigenvalue weighted by Crippen LogP contribution is 2.27. The van der Waals surface area contributed by atoms with Gasteiger partial charge in [0.05, 0.1) is 5.69 Å². The fourth-order valence-corrected chi connectivity index (χ4v) is 1.56. The summed E-state index contributed by atoms with van der Waals surface area (Å²) in [6, 6.07) is 6.84. The first-order valence-electron chi connectivity index (χ1n) is 4.80. The predicted octanol–water partition coefficient (Wildman–Crippen LogP) is 1.64. The number of benzene rings is 1. The number of rotatable bonds is 3. The number of hydrogen-bond donors (Lipinski definition) is 3. The van der Waals surface area contributed by atoms with Crippen LogP contribution in [0.4, 0.5) is 5.69 Å². The maximum atomic E-state index is 9.61. The third-order valence-electron chi connectivity index (χ3n) is 2.04. The summed E-state index contributed by atoms with van der Waals surface area (Å²) in [5.74, 6) is 0.249. The molecular weight excluding hydrogens is 300 g/mol. The number of tetrazole rings is 1. The number of hydrogen-bond acceptors (Lipinski definition) is 6.